The van der Waals surface area contributed by atoms with Crippen LogP contribution in [-0.4, -0.2) is 29.3 Å². The number of carbonyl (C=O) groups is 1. The first kappa shape index (κ1) is 16.1. The maximum atomic E-state index is 11.5. The van der Waals surface area contributed by atoms with Crippen LogP contribution in [0.15, 0.2) is 18.2 Å². The first-order valence-electron chi connectivity index (χ1n) is 7.16. The van der Waals surface area contributed by atoms with Crippen LogP contribution in [0.4, 0.5) is 4.79 Å². The van der Waals surface area contributed by atoms with Crippen molar-refractivity contribution in [2.75, 3.05) is 13.1 Å². The van der Waals surface area contributed by atoms with E-state index >= 15 is 0 Å². The maximum Gasteiger partial charge on any atom is 0.314 e. The van der Waals surface area contributed by atoms with Crippen molar-refractivity contribution in [3.63, 3.8) is 0 Å². The molecule has 0 atom stereocenters. The molecule has 1 aromatic carbocycles. The first-order valence-corrected chi connectivity index (χ1v) is 7.16. The second kappa shape index (κ2) is 9.07. The monoisotopic (exact) mass is 280 g/mol. The van der Waals surface area contributed by atoms with Crippen molar-refractivity contribution in [1.29, 1.82) is 0 Å². The maximum absolute atomic E-state index is 11.5. The standard InChI is InChI=1S/C15H24N2O3/c1-2-3-4-5-9-16-15(20)17-10-8-12-6-7-13(18)14(19)11-12/h6-7,11,18-19H,2-5,8-10H2,1H3,(H2,16,17,20). The zero-order chi connectivity index (χ0) is 14.8. The van der Waals surface area contributed by atoms with E-state index in [9.17, 15) is 15.0 Å². The van der Waals surface area contributed by atoms with Crippen molar-refractivity contribution >= 4 is 6.03 Å². The number of phenols is 2. The highest BCUT2D eigenvalue weighted by atomic mass is 16.3. The van der Waals surface area contributed by atoms with Crippen LogP contribution in [0.25, 0.3) is 0 Å². The summed E-state index contributed by atoms with van der Waals surface area (Å²) in [6.45, 7) is 3.35. The van der Waals surface area contributed by atoms with E-state index in [0.29, 0.717) is 19.5 Å². The zero-order valence-electron chi connectivity index (χ0n) is 12.0. The van der Waals surface area contributed by atoms with E-state index in [1.54, 1.807) is 6.07 Å². The number of hydrogen-bond donors (Lipinski definition) is 4. The van der Waals surface area contributed by atoms with Crippen molar-refractivity contribution in [2.45, 2.75) is 39.0 Å². The smallest absolute Gasteiger partial charge is 0.314 e. The summed E-state index contributed by atoms with van der Waals surface area (Å²) >= 11 is 0. The molecule has 0 fully saturated rings. The van der Waals surface area contributed by atoms with Crippen molar-refractivity contribution in [2.24, 2.45) is 0 Å². The van der Waals surface area contributed by atoms with Crippen LogP contribution in [0.2, 0.25) is 0 Å². The number of hydrogen-bond acceptors (Lipinski definition) is 3. The Morgan fingerprint density at radius 3 is 2.50 bits per heavy atom. The van der Waals surface area contributed by atoms with Gasteiger partial charge in [0.2, 0.25) is 0 Å². The second-order valence-electron chi connectivity index (χ2n) is 4.82. The van der Waals surface area contributed by atoms with Crippen molar-refractivity contribution in [1.82, 2.24) is 10.6 Å². The molecule has 112 valence electrons. The molecule has 0 aliphatic heterocycles. The Morgan fingerprint density at radius 1 is 1.05 bits per heavy atom. The molecule has 5 heteroatoms. The quantitative estimate of drug-likeness (QED) is 0.436. The Bertz CT molecular complexity index is 422. The number of benzene rings is 1. The van der Waals surface area contributed by atoms with Gasteiger partial charge in [0, 0.05) is 13.1 Å². The molecule has 20 heavy (non-hydrogen) atoms. The second-order valence-corrected chi connectivity index (χ2v) is 4.82. The van der Waals surface area contributed by atoms with E-state index < -0.39 is 0 Å². The van der Waals surface area contributed by atoms with E-state index in [1.165, 1.54) is 25.0 Å². The highest BCUT2D eigenvalue weighted by Gasteiger charge is 2.02. The topological polar surface area (TPSA) is 81.6 Å². The van der Waals surface area contributed by atoms with Gasteiger partial charge in [-0.2, -0.15) is 0 Å². The Hall–Kier alpha value is -1.91. The van der Waals surface area contributed by atoms with Gasteiger partial charge in [-0.1, -0.05) is 32.3 Å². The number of carbonyl (C=O) groups excluding carboxylic acids is 1. The largest absolute Gasteiger partial charge is 0.504 e. The summed E-state index contributed by atoms with van der Waals surface area (Å²) in [7, 11) is 0. The van der Waals surface area contributed by atoms with Crippen molar-refractivity contribution in [3.05, 3.63) is 23.8 Å². The lowest BCUT2D eigenvalue weighted by Crippen LogP contribution is -2.37. The lowest BCUT2D eigenvalue weighted by Gasteiger charge is -2.08. The van der Waals surface area contributed by atoms with Crippen LogP contribution in [0.5, 0.6) is 11.5 Å². The predicted molar refractivity (Wildman–Crippen MR) is 79.0 cm³/mol. The molecule has 2 amide bonds. The fourth-order valence-corrected chi connectivity index (χ4v) is 1.86. The molecule has 0 aliphatic rings. The van der Waals surface area contributed by atoms with E-state index in [2.05, 4.69) is 17.6 Å². The first-order chi connectivity index (χ1) is 9.63. The summed E-state index contributed by atoms with van der Waals surface area (Å²) < 4.78 is 0. The molecular weight excluding hydrogens is 256 g/mol. The molecule has 0 bridgehead atoms. The number of nitrogens with one attached hydrogen (secondary N) is 2. The SMILES string of the molecule is CCCCCCNC(=O)NCCc1ccc(O)c(O)c1. The fourth-order valence-electron chi connectivity index (χ4n) is 1.86. The molecule has 4 N–H and O–H groups in total. The molecule has 0 spiro atoms. The third kappa shape index (κ3) is 6.31. The molecule has 0 unspecified atom stereocenters. The number of unbranched alkanes of at least 4 members (excludes halogenated alkanes) is 3. The van der Waals surface area contributed by atoms with Crippen molar-refractivity contribution < 1.29 is 15.0 Å². The van der Waals surface area contributed by atoms with Gasteiger partial charge >= 0.3 is 6.03 Å². The number of phenolic OH excluding ortho intramolecular Hbond substituents is 2. The van der Waals surface area contributed by atoms with Gasteiger partial charge in [-0.3, -0.25) is 0 Å². The molecule has 0 radical (unpaired) electrons. The minimum atomic E-state index is -0.163. The lowest BCUT2D eigenvalue weighted by molar-refractivity contribution is 0.241. The van der Waals surface area contributed by atoms with Gasteiger partial charge < -0.3 is 20.8 Å². The number of urea groups is 1. The van der Waals surface area contributed by atoms with Crippen LogP contribution in [0, 0.1) is 0 Å². The van der Waals surface area contributed by atoms with Crippen LogP contribution < -0.4 is 10.6 Å². The highest BCUT2D eigenvalue weighted by Crippen LogP contribution is 2.24. The van der Waals surface area contributed by atoms with Crippen LogP contribution in [0.3, 0.4) is 0 Å². The molecule has 1 rings (SSSR count). The third-order valence-electron chi connectivity index (χ3n) is 3.05. The summed E-state index contributed by atoms with van der Waals surface area (Å²) in [4.78, 5) is 11.5. The van der Waals surface area contributed by atoms with Gasteiger partial charge in [0.1, 0.15) is 0 Å². The van der Waals surface area contributed by atoms with Gasteiger partial charge in [-0.05, 0) is 30.5 Å². The summed E-state index contributed by atoms with van der Waals surface area (Å²) in [5.74, 6) is -0.269. The van der Waals surface area contributed by atoms with E-state index in [-0.39, 0.29) is 17.5 Å². The minimum Gasteiger partial charge on any atom is -0.504 e. The van der Waals surface area contributed by atoms with Gasteiger partial charge in [-0.25, -0.2) is 4.79 Å². The third-order valence-corrected chi connectivity index (χ3v) is 3.05. The Morgan fingerprint density at radius 2 is 1.80 bits per heavy atom. The zero-order valence-corrected chi connectivity index (χ0v) is 12.0. The molecule has 0 saturated heterocycles. The van der Waals surface area contributed by atoms with E-state index in [0.717, 1.165) is 18.4 Å². The lowest BCUT2D eigenvalue weighted by atomic mass is 10.1. The predicted octanol–water partition coefficient (Wildman–Crippen LogP) is 2.52. The number of aromatic hydroxyl groups is 2. The average molecular weight is 280 g/mol. The number of rotatable bonds is 8. The Labute approximate surface area is 120 Å². The van der Waals surface area contributed by atoms with Gasteiger partial charge in [0.05, 0.1) is 0 Å². The highest BCUT2D eigenvalue weighted by molar-refractivity contribution is 5.73. The van der Waals surface area contributed by atoms with Crippen molar-refractivity contribution in [3.8, 4) is 11.5 Å². The molecule has 5 nitrogen and oxygen atoms in total. The van der Waals surface area contributed by atoms with Crippen LogP contribution in [0.1, 0.15) is 38.2 Å². The van der Waals surface area contributed by atoms with Gasteiger partial charge in [0.25, 0.3) is 0 Å². The van der Waals surface area contributed by atoms with Gasteiger partial charge in [-0.15, -0.1) is 0 Å². The summed E-state index contributed by atoms with van der Waals surface area (Å²) in [5, 5.41) is 24.1. The number of amides is 2. The molecule has 1 aromatic rings. The average Bonchev–Trinajstić information content (AvgIpc) is 2.42. The molecular formula is C15H24N2O3. The van der Waals surface area contributed by atoms with Crippen LogP contribution >= 0.6 is 0 Å². The minimum absolute atomic E-state index is 0.133. The summed E-state index contributed by atoms with van der Waals surface area (Å²) in [6.07, 6.45) is 5.15. The molecule has 0 aliphatic carbocycles. The normalized spacial score (nSPS) is 10.2. The Balaban J connectivity index is 2.13. The fraction of sp³-hybridized carbons (Fsp3) is 0.533. The van der Waals surface area contributed by atoms with Gasteiger partial charge in [0.15, 0.2) is 11.5 Å². The van der Waals surface area contributed by atoms with E-state index in [4.69, 9.17) is 0 Å². The summed E-state index contributed by atoms with van der Waals surface area (Å²) in [5.41, 5.74) is 0.864. The van der Waals surface area contributed by atoms with E-state index in [1.807, 2.05) is 0 Å². The molecule has 0 saturated carbocycles. The molecule has 0 heterocycles. The molecule has 0 aromatic heterocycles. The summed E-state index contributed by atoms with van der Waals surface area (Å²) in [6, 6.07) is 4.50. The van der Waals surface area contributed by atoms with Crippen LogP contribution in [-0.2, 0) is 6.42 Å². The Kier molecular flexibility index (Phi) is 7.32.